The molecular formula is C28H20BrNO4S. The SMILES string of the molecule is O=C1C(=O)N(c2ccc(OCc3ccccc3)cc2)C(c2cccs2)/C1=C(/O)c1ccc(Br)cc1. The van der Waals surface area contributed by atoms with Gasteiger partial charge in [-0.2, -0.15) is 0 Å². The van der Waals surface area contributed by atoms with Gasteiger partial charge in [0.15, 0.2) is 0 Å². The van der Waals surface area contributed by atoms with Gasteiger partial charge in [0.1, 0.15) is 24.2 Å². The Kier molecular flexibility index (Phi) is 6.53. The first-order valence-corrected chi connectivity index (χ1v) is 12.6. The second kappa shape index (κ2) is 9.90. The Bertz CT molecular complexity index is 1380. The molecule has 35 heavy (non-hydrogen) atoms. The number of carbonyl (C=O) groups excluding carboxylic acids is 2. The number of hydrogen-bond acceptors (Lipinski definition) is 5. The van der Waals surface area contributed by atoms with Gasteiger partial charge >= 0.3 is 0 Å². The van der Waals surface area contributed by atoms with Crippen molar-refractivity contribution in [1.82, 2.24) is 0 Å². The monoisotopic (exact) mass is 545 g/mol. The van der Waals surface area contributed by atoms with Gasteiger partial charge < -0.3 is 9.84 Å². The zero-order chi connectivity index (χ0) is 24.4. The summed E-state index contributed by atoms with van der Waals surface area (Å²) >= 11 is 4.80. The van der Waals surface area contributed by atoms with Crippen LogP contribution in [0.15, 0.2) is 106 Å². The molecule has 1 fully saturated rings. The number of halogens is 1. The zero-order valence-corrected chi connectivity index (χ0v) is 20.8. The largest absolute Gasteiger partial charge is 0.507 e. The molecule has 0 radical (unpaired) electrons. The summed E-state index contributed by atoms with van der Waals surface area (Å²) in [6.45, 7) is 0.424. The van der Waals surface area contributed by atoms with Crippen LogP contribution in [0.2, 0.25) is 0 Å². The molecule has 1 saturated heterocycles. The van der Waals surface area contributed by atoms with E-state index >= 15 is 0 Å². The number of ether oxygens (including phenoxy) is 1. The lowest BCUT2D eigenvalue weighted by Crippen LogP contribution is -2.29. The van der Waals surface area contributed by atoms with Crippen LogP contribution in [0.25, 0.3) is 5.76 Å². The van der Waals surface area contributed by atoms with Crippen LogP contribution in [0.4, 0.5) is 5.69 Å². The van der Waals surface area contributed by atoms with Gasteiger partial charge in [-0.15, -0.1) is 11.3 Å². The van der Waals surface area contributed by atoms with Crippen LogP contribution in [0.5, 0.6) is 5.75 Å². The average Bonchev–Trinajstić information content (AvgIpc) is 3.51. The van der Waals surface area contributed by atoms with E-state index in [4.69, 9.17) is 4.74 Å². The predicted molar refractivity (Wildman–Crippen MR) is 140 cm³/mol. The topological polar surface area (TPSA) is 66.8 Å². The van der Waals surface area contributed by atoms with Crippen LogP contribution in [0.3, 0.4) is 0 Å². The minimum Gasteiger partial charge on any atom is -0.507 e. The fourth-order valence-electron chi connectivity index (χ4n) is 4.02. The Hall–Kier alpha value is -3.68. The molecule has 1 unspecified atom stereocenters. The summed E-state index contributed by atoms with van der Waals surface area (Å²) in [6, 6.07) is 26.9. The summed E-state index contributed by atoms with van der Waals surface area (Å²) in [4.78, 5) is 28.6. The molecule has 7 heteroatoms. The maximum atomic E-state index is 13.2. The third kappa shape index (κ3) is 4.65. The van der Waals surface area contributed by atoms with Gasteiger partial charge in [0.2, 0.25) is 0 Å². The normalized spacial score (nSPS) is 17.1. The highest BCUT2D eigenvalue weighted by molar-refractivity contribution is 9.10. The van der Waals surface area contributed by atoms with Gasteiger partial charge in [-0.25, -0.2) is 0 Å². The summed E-state index contributed by atoms with van der Waals surface area (Å²) in [5.41, 5.74) is 2.14. The number of hydrogen-bond donors (Lipinski definition) is 1. The number of amides is 1. The zero-order valence-electron chi connectivity index (χ0n) is 18.4. The molecule has 2 heterocycles. The van der Waals surface area contributed by atoms with Gasteiger partial charge in [-0.1, -0.05) is 64.5 Å². The first-order valence-electron chi connectivity index (χ1n) is 10.9. The average molecular weight is 546 g/mol. The summed E-state index contributed by atoms with van der Waals surface area (Å²) < 4.78 is 6.71. The lowest BCUT2D eigenvalue weighted by atomic mass is 10.00. The van der Waals surface area contributed by atoms with E-state index in [1.165, 1.54) is 16.2 Å². The lowest BCUT2D eigenvalue weighted by molar-refractivity contribution is -0.132. The van der Waals surface area contributed by atoms with E-state index in [0.717, 1.165) is 14.9 Å². The molecule has 0 spiro atoms. The maximum Gasteiger partial charge on any atom is 0.300 e. The number of thiophene rings is 1. The third-order valence-corrected chi connectivity index (χ3v) is 7.19. The van der Waals surface area contributed by atoms with E-state index in [1.54, 1.807) is 48.5 Å². The van der Waals surface area contributed by atoms with Gasteiger partial charge in [0.05, 0.1) is 5.57 Å². The molecule has 0 saturated carbocycles. The molecule has 1 aliphatic rings. The molecule has 3 aromatic carbocycles. The first-order chi connectivity index (χ1) is 17.0. The number of Topliss-reactive ketones (excluding diaryl/α,β-unsaturated/α-hetero) is 1. The van der Waals surface area contributed by atoms with E-state index in [0.29, 0.717) is 23.6 Å². The van der Waals surface area contributed by atoms with Gasteiger partial charge in [-0.3, -0.25) is 14.5 Å². The number of carbonyl (C=O) groups is 2. The van der Waals surface area contributed by atoms with Crippen molar-refractivity contribution in [2.24, 2.45) is 0 Å². The second-order valence-corrected chi connectivity index (χ2v) is 9.85. The lowest BCUT2D eigenvalue weighted by Gasteiger charge is -2.24. The molecule has 1 aliphatic heterocycles. The fourth-order valence-corrected chi connectivity index (χ4v) is 5.11. The van der Waals surface area contributed by atoms with Crippen LogP contribution < -0.4 is 9.64 Å². The summed E-state index contributed by atoms with van der Waals surface area (Å²) in [5.74, 6) is -0.940. The first kappa shape index (κ1) is 23.1. The van der Waals surface area contributed by atoms with Crippen molar-refractivity contribution >= 4 is 50.4 Å². The van der Waals surface area contributed by atoms with Crippen molar-refractivity contribution in [2.75, 3.05) is 4.90 Å². The predicted octanol–water partition coefficient (Wildman–Crippen LogP) is 6.72. The van der Waals surface area contributed by atoms with Crippen LogP contribution in [0, 0.1) is 0 Å². The third-order valence-electron chi connectivity index (χ3n) is 5.74. The van der Waals surface area contributed by atoms with Gasteiger partial charge in [0.25, 0.3) is 11.7 Å². The Morgan fingerprint density at radius 3 is 2.29 bits per heavy atom. The highest BCUT2D eigenvalue weighted by Gasteiger charge is 2.47. The Labute approximate surface area is 215 Å². The van der Waals surface area contributed by atoms with Crippen molar-refractivity contribution in [1.29, 1.82) is 0 Å². The molecule has 1 amide bonds. The van der Waals surface area contributed by atoms with Crippen molar-refractivity contribution < 1.29 is 19.4 Å². The van der Waals surface area contributed by atoms with Gasteiger partial charge in [0, 0.05) is 20.6 Å². The summed E-state index contributed by atoms with van der Waals surface area (Å²) in [5, 5.41) is 13.0. The highest BCUT2D eigenvalue weighted by atomic mass is 79.9. The maximum absolute atomic E-state index is 13.2. The number of benzene rings is 3. The summed E-state index contributed by atoms with van der Waals surface area (Å²) in [7, 11) is 0. The molecule has 4 aromatic rings. The van der Waals surface area contributed by atoms with E-state index in [9.17, 15) is 14.7 Å². The van der Waals surface area contributed by atoms with Crippen molar-refractivity contribution in [3.63, 3.8) is 0 Å². The number of rotatable bonds is 6. The Balaban J connectivity index is 1.49. The molecule has 174 valence electrons. The van der Waals surface area contributed by atoms with Crippen molar-refractivity contribution in [2.45, 2.75) is 12.6 Å². The number of nitrogens with zero attached hydrogens (tertiary/aromatic N) is 1. The molecule has 5 rings (SSSR count). The van der Waals surface area contributed by atoms with Crippen LogP contribution in [0.1, 0.15) is 22.0 Å². The van der Waals surface area contributed by atoms with E-state index < -0.39 is 17.7 Å². The summed E-state index contributed by atoms with van der Waals surface area (Å²) in [6.07, 6.45) is 0. The number of aliphatic hydroxyl groups excluding tert-OH is 1. The van der Waals surface area contributed by atoms with Gasteiger partial charge in [-0.05, 0) is 53.4 Å². The van der Waals surface area contributed by atoms with E-state index in [-0.39, 0.29) is 11.3 Å². The van der Waals surface area contributed by atoms with E-state index in [2.05, 4.69) is 15.9 Å². The smallest absolute Gasteiger partial charge is 0.300 e. The molecule has 5 nitrogen and oxygen atoms in total. The standard InChI is InChI=1S/C28H20BrNO4S/c29-20-10-8-19(9-11-20)26(31)24-25(23-7-4-16-35-23)30(28(33)27(24)32)21-12-14-22(15-13-21)34-17-18-5-2-1-3-6-18/h1-16,25,31H,17H2/b26-24-. The van der Waals surface area contributed by atoms with Crippen molar-refractivity contribution in [3.8, 4) is 5.75 Å². The quantitative estimate of drug-likeness (QED) is 0.166. The van der Waals surface area contributed by atoms with Crippen molar-refractivity contribution in [3.05, 3.63) is 122 Å². The number of aliphatic hydroxyl groups is 1. The molecular weight excluding hydrogens is 526 g/mol. The van der Waals surface area contributed by atoms with Crippen LogP contribution in [-0.4, -0.2) is 16.8 Å². The fraction of sp³-hybridized carbons (Fsp3) is 0.0714. The van der Waals surface area contributed by atoms with Crippen LogP contribution in [-0.2, 0) is 16.2 Å². The number of anilines is 1. The molecule has 1 atom stereocenters. The molecule has 0 aliphatic carbocycles. The molecule has 1 aromatic heterocycles. The highest BCUT2D eigenvalue weighted by Crippen LogP contribution is 2.43. The van der Waals surface area contributed by atoms with E-state index in [1.807, 2.05) is 47.8 Å². The number of ketones is 1. The second-order valence-electron chi connectivity index (χ2n) is 7.96. The Morgan fingerprint density at radius 2 is 1.63 bits per heavy atom. The minimum absolute atomic E-state index is 0.0733. The minimum atomic E-state index is -0.727. The van der Waals surface area contributed by atoms with Crippen LogP contribution >= 0.6 is 27.3 Å². The molecule has 1 N–H and O–H groups in total. The Morgan fingerprint density at radius 1 is 0.914 bits per heavy atom. The molecule has 0 bridgehead atoms.